The van der Waals surface area contributed by atoms with E-state index in [0.717, 1.165) is 19.3 Å². The second-order valence-corrected chi connectivity index (χ2v) is 5.08. The van der Waals surface area contributed by atoms with Gasteiger partial charge in [0.15, 0.2) is 0 Å². The van der Waals surface area contributed by atoms with Crippen molar-refractivity contribution >= 4 is 28.9 Å². The summed E-state index contributed by atoms with van der Waals surface area (Å²) in [5.74, 6) is -6.90. The normalized spacial score (nSPS) is 15.5. The summed E-state index contributed by atoms with van der Waals surface area (Å²) in [6.07, 6.45) is 3.21. The molecular formula is C14H18O6. The third-order valence-corrected chi connectivity index (χ3v) is 3.28. The Balaban J connectivity index is 2.49. The Morgan fingerprint density at radius 1 is 0.900 bits per heavy atom. The number of carbonyl (C=O) groups excluding carboxylic acids is 5. The quantitative estimate of drug-likeness (QED) is 0.351. The molecule has 0 aliphatic heterocycles. The molecule has 0 heterocycles. The molecule has 0 aromatic carbocycles. The van der Waals surface area contributed by atoms with Crippen LogP contribution in [0.25, 0.3) is 0 Å². The number of hydrogen-bond donors (Lipinski definition) is 1. The summed E-state index contributed by atoms with van der Waals surface area (Å²) < 4.78 is 0. The largest absolute Gasteiger partial charge is 0.382 e. The fourth-order valence-corrected chi connectivity index (χ4v) is 1.72. The van der Waals surface area contributed by atoms with Crippen molar-refractivity contribution in [3.05, 3.63) is 0 Å². The molecule has 0 unspecified atom stereocenters. The van der Waals surface area contributed by atoms with Crippen LogP contribution < -0.4 is 0 Å². The van der Waals surface area contributed by atoms with Crippen LogP contribution in [0.3, 0.4) is 0 Å². The monoisotopic (exact) mass is 282 g/mol. The highest BCUT2D eigenvalue weighted by Crippen LogP contribution is 2.36. The fraction of sp³-hybridized carbons (Fsp3) is 0.643. The molecule has 0 atom stereocenters. The van der Waals surface area contributed by atoms with Gasteiger partial charge in [0.1, 0.15) is 5.60 Å². The molecule has 1 saturated carbocycles. The number of unbranched alkanes of at least 4 members (excludes halogenated alkanes) is 3. The summed E-state index contributed by atoms with van der Waals surface area (Å²) in [5, 5.41) is 9.42. The number of rotatable bonds is 10. The first kappa shape index (κ1) is 16.4. The zero-order valence-corrected chi connectivity index (χ0v) is 11.4. The number of Topliss-reactive ketones (excluding diaryl/α,β-unsaturated/α-hetero) is 5. The highest BCUT2D eigenvalue weighted by atomic mass is 16.3. The first-order valence-electron chi connectivity index (χ1n) is 6.76. The van der Waals surface area contributed by atoms with Crippen LogP contribution in [0, 0.1) is 0 Å². The predicted molar refractivity (Wildman–Crippen MR) is 68.0 cm³/mol. The van der Waals surface area contributed by atoms with Crippen LogP contribution in [-0.4, -0.2) is 39.6 Å². The van der Waals surface area contributed by atoms with E-state index in [4.69, 9.17) is 0 Å². The Hall–Kier alpha value is -1.69. The van der Waals surface area contributed by atoms with Crippen LogP contribution in [0.1, 0.15) is 51.9 Å². The Labute approximate surface area is 116 Å². The van der Waals surface area contributed by atoms with Gasteiger partial charge in [-0.3, -0.25) is 24.0 Å². The number of aliphatic hydroxyl groups is 1. The molecule has 1 rings (SSSR count). The lowest BCUT2D eigenvalue weighted by Crippen LogP contribution is -2.40. The first-order valence-corrected chi connectivity index (χ1v) is 6.76. The number of carbonyl (C=O) groups is 5. The summed E-state index contributed by atoms with van der Waals surface area (Å²) in [5.41, 5.74) is -1.79. The molecule has 6 heteroatoms. The van der Waals surface area contributed by atoms with E-state index in [1.807, 2.05) is 6.92 Å². The second-order valence-electron chi connectivity index (χ2n) is 5.08. The van der Waals surface area contributed by atoms with E-state index in [0.29, 0.717) is 6.42 Å². The van der Waals surface area contributed by atoms with Crippen LogP contribution >= 0.6 is 0 Å². The van der Waals surface area contributed by atoms with Crippen molar-refractivity contribution in [3.8, 4) is 0 Å². The molecule has 6 nitrogen and oxygen atoms in total. The maximum atomic E-state index is 11.4. The smallest absolute Gasteiger partial charge is 0.280 e. The van der Waals surface area contributed by atoms with Crippen LogP contribution in [-0.2, 0) is 24.0 Å². The van der Waals surface area contributed by atoms with E-state index in [9.17, 15) is 29.1 Å². The van der Waals surface area contributed by atoms with E-state index >= 15 is 0 Å². The van der Waals surface area contributed by atoms with Crippen LogP contribution in [0.4, 0.5) is 0 Å². The minimum atomic E-state index is -1.79. The van der Waals surface area contributed by atoms with E-state index < -0.39 is 34.5 Å². The molecule has 0 saturated heterocycles. The van der Waals surface area contributed by atoms with Gasteiger partial charge in [-0.1, -0.05) is 26.2 Å². The van der Waals surface area contributed by atoms with Crippen LogP contribution in [0.2, 0.25) is 0 Å². The van der Waals surface area contributed by atoms with Gasteiger partial charge in [-0.05, 0) is 19.3 Å². The molecule has 1 N–H and O–H groups in total. The lowest BCUT2D eigenvalue weighted by molar-refractivity contribution is -0.153. The average Bonchev–Trinajstić information content (AvgIpc) is 3.19. The van der Waals surface area contributed by atoms with Crippen molar-refractivity contribution in [1.29, 1.82) is 0 Å². The van der Waals surface area contributed by atoms with Gasteiger partial charge in [0.05, 0.1) is 0 Å². The van der Waals surface area contributed by atoms with Gasteiger partial charge in [0.25, 0.3) is 17.3 Å². The van der Waals surface area contributed by atoms with Gasteiger partial charge in [-0.15, -0.1) is 0 Å². The van der Waals surface area contributed by atoms with Crippen molar-refractivity contribution < 1.29 is 29.1 Å². The van der Waals surface area contributed by atoms with E-state index in [1.54, 1.807) is 0 Å². The van der Waals surface area contributed by atoms with Crippen molar-refractivity contribution in [2.24, 2.45) is 0 Å². The SMILES string of the molecule is CCCCCCC(=O)C(=O)C(=O)C(=O)C(=O)C1(O)CC1. The molecule has 110 valence electrons. The van der Waals surface area contributed by atoms with Crippen molar-refractivity contribution in [1.82, 2.24) is 0 Å². The predicted octanol–water partition coefficient (Wildman–Crippen LogP) is 0.327. The molecule has 1 aliphatic carbocycles. The summed E-state index contributed by atoms with van der Waals surface area (Å²) in [6.45, 7) is 1.99. The van der Waals surface area contributed by atoms with Gasteiger partial charge >= 0.3 is 0 Å². The lowest BCUT2D eigenvalue weighted by Gasteiger charge is -2.03. The third-order valence-electron chi connectivity index (χ3n) is 3.28. The Morgan fingerprint density at radius 2 is 1.50 bits per heavy atom. The molecule has 0 aromatic rings. The highest BCUT2D eigenvalue weighted by molar-refractivity contribution is 6.87. The zero-order chi connectivity index (χ0) is 15.3. The average molecular weight is 282 g/mol. The first-order chi connectivity index (χ1) is 9.33. The zero-order valence-electron chi connectivity index (χ0n) is 11.4. The summed E-state index contributed by atoms with van der Waals surface area (Å²) in [4.78, 5) is 57.2. The van der Waals surface area contributed by atoms with Gasteiger partial charge < -0.3 is 5.11 Å². The minimum Gasteiger partial charge on any atom is -0.382 e. The standard InChI is InChI=1S/C14H18O6/c1-2-3-4-5-6-9(15)10(16)11(17)12(18)13(19)14(20)7-8-14/h20H,2-8H2,1H3. The van der Waals surface area contributed by atoms with Gasteiger partial charge in [-0.25, -0.2) is 0 Å². The van der Waals surface area contributed by atoms with Gasteiger partial charge in [0, 0.05) is 6.42 Å². The van der Waals surface area contributed by atoms with E-state index in [2.05, 4.69) is 0 Å². The maximum absolute atomic E-state index is 11.4. The Morgan fingerprint density at radius 3 is 2.00 bits per heavy atom. The highest BCUT2D eigenvalue weighted by Gasteiger charge is 2.53. The molecular weight excluding hydrogens is 264 g/mol. The minimum absolute atomic E-state index is 0.101. The maximum Gasteiger partial charge on any atom is 0.280 e. The summed E-state index contributed by atoms with van der Waals surface area (Å²) in [7, 11) is 0. The molecule has 20 heavy (non-hydrogen) atoms. The summed E-state index contributed by atoms with van der Waals surface area (Å²) in [6, 6.07) is 0. The Kier molecular flexibility index (Phi) is 5.44. The molecule has 0 spiro atoms. The van der Waals surface area contributed by atoms with Crippen LogP contribution in [0.15, 0.2) is 0 Å². The molecule has 1 fully saturated rings. The lowest BCUT2D eigenvalue weighted by atomic mass is 9.99. The van der Waals surface area contributed by atoms with E-state index in [-0.39, 0.29) is 19.3 Å². The summed E-state index contributed by atoms with van der Waals surface area (Å²) >= 11 is 0. The van der Waals surface area contributed by atoms with E-state index in [1.165, 1.54) is 0 Å². The van der Waals surface area contributed by atoms with Gasteiger partial charge in [-0.2, -0.15) is 0 Å². The second kappa shape index (κ2) is 6.65. The third kappa shape index (κ3) is 3.90. The molecule has 1 aliphatic rings. The Bertz CT molecular complexity index is 458. The van der Waals surface area contributed by atoms with Gasteiger partial charge in [0.2, 0.25) is 11.6 Å². The topological polar surface area (TPSA) is 106 Å². The molecule has 0 amide bonds. The number of ketones is 5. The van der Waals surface area contributed by atoms with Crippen molar-refractivity contribution in [2.45, 2.75) is 57.5 Å². The van der Waals surface area contributed by atoms with Crippen molar-refractivity contribution in [3.63, 3.8) is 0 Å². The van der Waals surface area contributed by atoms with Crippen molar-refractivity contribution in [2.75, 3.05) is 0 Å². The fourth-order valence-electron chi connectivity index (χ4n) is 1.72. The molecule has 0 radical (unpaired) electrons. The molecule has 0 bridgehead atoms. The van der Waals surface area contributed by atoms with Crippen LogP contribution in [0.5, 0.6) is 0 Å². The molecule has 0 aromatic heterocycles. The number of hydrogen-bond acceptors (Lipinski definition) is 6.